The number of piperazine rings is 1. The molecule has 0 aliphatic carbocycles. The molecule has 2 rings (SSSR count). The highest BCUT2D eigenvalue weighted by atomic mass is 16.2. The summed E-state index contributed by atoms with van der Waals surface area (Å²) in [5.74, 6) is 0.870. The van der Waals surface area contributed by atoms with Crippen molar-refractivity contribution in [2.24, 2.45) is 4.99 Å². The monoisotopic (exact) mass is 359 g/mol. The average molecular weight is 359 g/mol. The molecule has 1 aromatic rings. The van der Waals surface area contributed by atoms with Crippen LogP contribution in [0.15, 0.2) is 29.3 Å². The summed E-state index contributed by atoms with van der Waals surface area (Å²) in [6, 6.07) is 7.53. The molecule has 0 spiro atoms. The minimum atomic E-state index is -0.0797. The Kier molecular flexibility index (Phi) is 7.44. The Morgan fingerprint density at radius 3 is 2.42 bits per heavy atom. The van der Waals surface area contributed by atoms with Crippen molar-refractivity contribution in [3.05, 3.63) is 35.4 Å². The summed E-state index contributed by atoms with van der Waals surface area (Å²) in [6.45, 7) is 10.3. The number of carbonyl (C=O) groups excluding carboxylic acids is 2. The molecule has 1 aliphatic heterocycles. The molecule has 0 bridgehead atoms. The Balaban J connectivity index is 1.83. The fourth-order valence-electron chi connectivity index (χ4n) is 2.88. The van der Waals surface area contributed by atoms with Crippen molar-refractivity contribution in [2.75, 3.05) is 45.8 Å². The molecular weight excluding hydrogens is 330 g/mol. The second-order valence-electron chi connectivity index (χ2n) is 6.35. The van der Waals surface area contributed by atoms with E-state index in [0.717, 1.165) is 31.2 Å². The van der Waals surface area contributed by atoms with Crippen LogP contribution in [0.4, 0.5) is 0 Å². The third kappa shape index (κ3) is 5.75. The maximum Gasteiger partial charge on any atom is 0.251 e. The van der Waals surface area contributed by atoms with Crippen molar-refractivity contribution < 1.29 is 9.59 Å². The Bertz CT molecular complexity index is 651. The zero-order valence-electron chi connectivity index (χ0n) is 15.9. The molecule has 26 heavy (non-hydrogen) atoms. The Morgan fingerprint density at radius 1 is 1.12 bits per heavy atom. The maximum absolute atomic E-state index is 12.1. The Hall–Kier alpha value is -2.57. The number of hydrogen-bond donors (Lipinski definition) is 2. The smallest absolute Gasteiger partial charge is 0.251 e. The number of hydrogen-bond acceptors (Lipinski definition) is 3. The lowest BCUT2D eigenvalue weighted by atomic mass is 10.1. The van der Waals surface area contributed by atoms with Gasteiger partial charge in [-0.25, -0.2) is 0 Å². The topological polar surface area (TPSA) is 77.0 Å². The van der Waals surface area contributed by atoms with Crippen LogP contribution in [0.2, 0.25) is 0 Å². The molecule has 1 aromatic carbocycles. The van der Waals surface area contributed by atoms with E-state index in [1.165, 1.54) is 0 Å². The summed E-state index contributed by atoms with van der Waals surface area (Å²) in [6.07, 6.45) is 0. The zero-order chi connectivity index (χ0) is 18.9. The van der Waals surface area contributed by atoms with Crippen LogP contribution in [-0.2, 0) is 4.79 Å². The van der Waals surface area contributed by atoms with Crippen LogP contribution in [0.1, 0.15) is 29.8 Å². The number of carbonyl (C=O) groups is 2. The predicted molar refractivity (Wildman–Crippen MR) is 103 cm³/mol. The molecule has 1 saturated heterocycles. The minimum Gasteiger partial charge on any atom is -0.357 e. The van der Waals surface area contributed by atoms with Gasteiger partial charge in [0.15, 0.2) is 5.96 Å². The standard InChI is InChI=1S/C19H29N5O2/c1-4-20-19(24-12-10-23(11-13-24)16(3)25)22-9-8-21-18(26)17-7-5-6-15(2)14-17/h5-7,14H,4,8-13H2,1-3H3,(H,20,22)(H,21,26). The van der Waals surface area contributed by atoms with Crippen molar-refractivity contribution in [3.63, 3.8) is 0 Å². The summed E-state index contributed by atoms with van der Waals surface area (Å²) in [5, 5.41) is 6.19. The number of nitrogens with zero attached hydrogens (tertiary/aromatic N) is 3. The molecule has 0 saturated carbocycles. The van der Waals surface area contributed by atoms with Gasteiger partial charge in [-0.05, 0) is 26.0 Å². The number of guanidine groups is 1. The first-order valence-electron chi connectivity index (χ1n) is 9.15. The van der Waals surface area contributed by atoms with E-state index in [2.05, 4.69) is 20.5 Å². The lowest BCUT2D eigenvalue weighted by molar-refractivity contribution is -0.130. The van der Waals surface area contributed by atoms with Gasteiger partial charge in [-0.1, -0.05) is 17.7 Å². The van der Waals surface area contributed by atoms with E-state index in [-0.39, 0.29) is 11.8 Å². The quantitative estimate of drug-likeness (QED) is 0.464. The number of aryl methyl sites for hydroxylation is 1. The van der Waals surface area contributed by atoms with E-state index < -0.39 is 0 Å². The lowest BCUT2D eigenvalue weighted by Crippen LogP contribution is -2.53. The van der Waals surface area contributed by atoms with E-state index in [4.69, 9.17) is 0 Å². The van der Waals surface area contributed by atoms with E-state index >= 15 is 0 Å². The summed E-state index contributed by atoms with van der Waals surface area (Å²) < 4.78 is 0. The normalized spacial score (nSPS) is 15.0. The van der Waals surface area contributed by atoms with Crippen molar-refractivity contribution in [1.29, 1.82) is 0 Å². The molecule has 2 N–H and O–H groups in total. The molecule has 0 radical (unpaired) electrons. The molecule has 1 aliphatic rings. The SMILES string of the molecule is CCNC(=NCCNC(=O)c1cccc(C)c1)N1CCN(C(C)=O)CC1. The van der Waals surface area contributed by atoms with Gasteiger partial charge in [0.05, 0.1) is 6.54 Å². The molecule has 7 nitrogen and oxygen atoms in total. The highest BCUT2D eigenvalue weighted by Crippen LogP contribution is 2.04. The summed E-state index contributed by atoms with van der Waals surface area (Å²) in [4.78, 5) is 32.2. The molecule has 0 aromatic heterocycles. The predicted octanol–water partition coefficient (Wildman–Crippen LogP) is 0.854. The Morgan fingerprint density at radius 2 is 1.81 bits per heavy atom. The van der Waals surface area contributed by atoms with Gasteiger partial charge >= 0.3 is 0 Å². The number of rotatable bonds is 5. The Labute approximate surface area is 155 Å². The van der Waals surface area contributed by atoms with Crippen molar-refractivity contribution >= 4 is 17.8 Å². The van der Waals surface area contributed by atoms with Crippen LogP contribution in [0.25, 0.3) is 0 Å². The van der Waals surface area contributed by atoms with Crippen LogP contribution >= 0.6 is 0 Å². The van der Waals surface area contributed by atoms with Crippen LogP contribution in [-0.4, -0.2) is 73.4 Å². The summed E-state index contributed by atoms with van der Waals surface area (Å²) in [5.41, 5.74) is 1.73. The number of benzene rings is 1. The number of amides is 2. The lowest BCUT2D eigenvalue weighted by Gasteiger charge is -2.36. The van der Waals surface area contributed by atoms with Gasteiger partial charge in [-0.3, -0.25) is 14.6 Å². The van der Waals surface area contributed by atoms with E-state index in [1.54, 1.807) is 6.92 Å². The van der Waals surface area contributed by atoms with Crippen LogP contribution in [0, 0.1) is 6.92 Å². The van der Waals surface area contributed by atoms with Crippen molar-refractivity contribution in [2.45, 2.75) is 20.8 Å². The first kappa shape index (κ1) is 19.8. The minimum absolute atomic E-state index is 0.0797. The zero-order valence-corrected chi connectivity index (χ0v) is 15.9. The molecule has 142 valence electrons. The molecule has 2 amide bonds. The third-order valence-corrected chi connectivity index (χ3v) is 4.30. The summed E-state index contributed by atoms with van der Waals surface area (Å²) in [7, 11) is 0. The van der Waals surface area contributed by atoms with E-state index in [1.807, 2.05) is 43.0 Å². The highest BCUT2D eigenvalue weighted by molar-refractivity contribution is 5.94. The number of aliphatic imine (C=N–C) groups is 1. The van der Waals surface area contributed by atoms with Gasteiger partial charge < -0.3 is 20.4 Å². The van der Waals surface area contributed by atoms with Crippen molar-refractivity contribution in [1.82, 2.24) is 20.4 Å². The molecule has 0 atom stereocenters. The fraction of sp³-hybridized carbons (Fsp3) is 0.526. The second kappa shape index (κ2) is 9.79. The van der Waals surface area contributed by atoms with E-state index in [0.29, 0.717) is 31.7 Å². The van der Waals surface area contributed by atoms with Crippen LogP contribution in [0.5, 0.6) is 0 Å². The van der Waals surface area contributed by atoms with Crippen LogP contribution < -0.4 is 10.6 Å². The second-order valence-corrected chi connectivity index (χ2v) is 6.35. The summed E-state index contributed by atoms with van der Waals surface area (Å²) >= 11 is 0. The first-order valence-corrected chi connectivity index (χ1v) is 9.15. The molecule has 7 heteroatoms. The van der Waals surface area contributed by atoms with Crippen LogP contribution in [0.3, 0.4) is 0 Å². The average Bonchev–Trinajstić information content (AvgIpc) is 2.64. The molecular formula is C19H29N5O2. The maximum atomic E-state index is 12.1. The van der Waals surface area contributed by atoms with Gasteiger partial charge in [0.25, 0.3) is 5.91 Å². The molecule has 1 fully saturated rings. The largest absolute Gasteiger partial charge is 0.357 e. The van der Waals surface area contributed by atoms with Gasteiger partial charge in [0, 0.05) is 51.8 Å². The first-order chi connectivity index (χ1) is 12.5. The molecule has 0 unspecified atom stereocenters. The van der Waals surface area contributed by atoms with Gasteiger partial charge in [-0.2, -0.15) is 0 Å². The fourth-order valence-corrected chi connectivity index (χ4v) is 2.88. The molecule has 1 heterocycles. The number of nitrogens with one attached hydrogen (secondary N) is 2. The van der Waals surface area contributed by atoms with Gasteiger partial charge in [0.1, 0.15) is 0 Å². The van der Waals surface area contributed by atoms with Gasteiger partial charge in [-0.15, -0.1) is 0 Å². The third-order valence-electron chi connectivity index (χ3n) is 4.30. The van der Waals surface area contributed by atoms with Crippen molar-refractivity contribution in [3.8, 4) is 0 Å². The van der Waals surface area contributed by atoms with Gasteiger partial charge in [0.2, 0.25) is 5.91 Å². The highest BCUT2D eigenvalue weighted by Gasteiger charge is 2.20. The van der Waals surface area contributed by atoms with E-state index in [9.17, 15) is 9.59 Å².